The second kappa shape index (κ2) is 15.7. The molecule has 3 heterocycles. The van der Waals surface area contributed by atoms with Gasteiger partial charge in [0.15, 0.2) is 0 Å². The molecule has 1 aromatic heterocycles. The molecule has 2 saturated heterocycles. The first kappa shape index (κ1) is 37.3. The highest BCUT2D eigenvalue weighted by atomic mass is 32.2. The molecule has 6 rings (SSSR count). The lowest BCUT2D eigenvalue weighted by Crippen LogP contribution is -2.58. The number of amides is 1. The monoisotopic (exact) mass is 737 g/mol. The van der Waals surface area contributed by atoms with Gasteiger partial charge in [-0.05, 0) is 82.6 Å². The summed E-state index contributed by atoms with van der Waals surface area (Å²) < 4.78 is 54.2. The molecular formula is C37H51N7O5S2. The van der Waals surface area contributed by atoms with E-state index in [4.69, 9.17) is 0 Å². The number of likely N-dealkylation sites (tertiary alicyclic amines) is 2. The molecule has 3 aromatic rings. The quantitative estimate of drug-likeness (QED) is 0.253. The zero-order valence-corrected chi connectivity index (χ0v) is 31.6. The van der Waals surface area contributed by atoms with E-state index in [2.05, 4.69) is 72.5 Å². The molecule has 0 spiro atoms. The Morgan fingerprint density at radius 1 is 0.843 bits per heavy atom. The SMILES string of the molecule is Cc1ncnc(C)c1C(=O)N1CCC(C)(N2CCC(N(Cc3ccccc3)c3ccc(CNS(=O)(=O)CCNS(=O)(=O)C4CC4)cc3)CC2)CC1. The van der Waals surface area contributed by atoms with Crippen LogP contribution in [0.25, 0.3) is 0 Å². The molecule has 1 aliphatic carbocycles. The number of nitrogens with one attached hydrogen (secondary N) is 2. The number of piperidine rings is 2. The Hall–Kier alpha value is -3.43. The molecule has 3 fully saturated rings. The molecule has 14 heteroatoms. The van der Waals surface area contributed by atoms with Gasteiger partial charge in [0.2, 0.25) is 20.0 Å². The van der Waals surface area contributed by atoms with Crippen molar-refractivity contribution >= 4 is 31.6 Å². The summed E-state index contributed by atoms with van der Waals surface area (Å²) in [5.41, 5.74) is 5.26. The molecule has 276 valence electrons. The van der Waals surface area contributed by atoms with Gasteiger partial charge in [-0.1, -0.05) is 42.5 Å². The Morgan fingerprint density at radius 2 is 1.47 bits per heavy atom. The molecule has 2 aliphatic heterocycles. The van der Waals surface area contributed by atoms with Crippen molar-refractivity contribution in [1.82, 2.24) is 29.2 Å². The van der Waals surface area contributed by atoms with E-state index in [1.54, 1.807) is 0 Å². The van der Waals surface area contributed by atoms with Crippen molar-refractivity contribution in [2.75, 3.05) is 43.4 Å². The summed E-state index contributed by atoms with van der Waals surface area (Å²) in [5.74, 6) is -0.279. The fraction of sp³-hybridized carbons (Fsp3) is 0.541. The minimum atomic E-state index is -3.65. The molecule has 1 saturated carbocycles. The predicted octanol–water partition coefficient (Wildman–Crippen LogP) is 3.76. The van der Waals surface area contributed by atoms with Crippen molar-refractivity contribution in [2.45, 2.75) is 89.2 Å². The number of sulfonamides is 2. The van der Waals surface area contributed by atoms with Crippen LogP contribution >= 0.6 is 0 Å². The Bertz CT molecular complexity index is 1850. The molecule has 0 bridgehead atoms. The highest BCUT2D eigenvalue weighted by molar-refractivity contribution is 7.90. The molecule has 0 atom stereocenters. The summed E-state index contributed by atoms with van der Waals surface area (Å²) in [6, 6.07) is 18.8. The van der Waals surface area contributed by atoms with Gasteiger partial charge in [-0.3, -0.25) is 9.69 Å². The summed E-state index contributed by atoms with van der Waals surface area (Å²) in [4.78, 5) is 29.0. The highest BCUT2D eigenvalue weighted by Gasteiger charge is 2.40. The van der Waals surface area contributed by atoms with Gasteiger partial charge in [0, 0.05) is 63.1 Å². The molecule has 2 aromatic carbocycles. The van der Waals surface area contributed by atoms with Gasteiger partial charge in [0.25, 0.3) is 5.91 Å². The van der Waals surface area contributed by atoms with Crippen LogP contribution in [0.4, 0.5) is 5.69 Å². The standard InChI is InChI=1S/C37H51N7O5S2/c1-28-35(29(2)39-27-38-28)36(45)42-22-17-37(3,18-23-42)43-20-15-33(16-21-43)44(26-31-7-5-4-6-8-31)32-11-9-30(10-12-32)25-41-50(46,47)24-19-40-51(48,49)34-13-14-34/h4-12,27,33-34,40-41H,13-26H2,1-3H3. The van der Waals surface area contributed by atoms with Crippen LogP contribution in [0.5, 0.6) is 0 Å². The number of carbonyl (C=O) groups excluding carboxylic acids is 1. The normalized spacial score (nSPS) is 18.8. The molecule has 12 nitrogen and oxygen atoms in total. The molecule has 2 N–H and O–H groups in total. The molecular weight excluding hydrogens is 687 g/mol. The average molecular weight is 738 g/mol. The van der Waals surface area contributed by atoms with E-state index in [1.165, 1.54) is 11.9 Å². The number of benzene rings is 2. The number of hydrogen-bond acceptors (Lipinski definition) is 9. The Balaban J connectivity index is 1.05. The van der Waals surface area contributed by atoms with E-state index < -0.39 is 20.0 Å². The maximum absolute atomic E-state index is 13.4. The largest absolute Gasteiger partial charge is 0.364 e. The number of hydrogen-bond donors (Lipinski definition) is 2. The first-order valence-electron chi connectivity index (χ1n) is 18.0. The van der Waals surface area contributed by atoms with Crippen molar-refractivity contribution in [1.29, 1.82) is 0 Å². The van der Waals surface area contributed by atoms with Crippen LogP contribution in [0.1, 0.15) is 78.3 Å². The van der Waals surface area contributed by atoms with Crippen molar-refractivity contribution in [3.05, 3.63) is 89.0 Å². The lowest BCUT2D eigenvalue weighted by molar-refractivity contribution is 0.0170. The first-order chi connectivity index (χ1) is 24.3. The van der Waals surface area contributed by atoms with E-state index in [9.17, 15) is 21.6 Å². The minimum absolute atomic E-state index is 0.0276. The lowest BCUT2D eigenvalue weighted by Gasteiger charge is -2.50. The Labute approximate surface area is 303 Å². The fourth-order valence-electron chi connectivity index (χ4n) is 7.38. The van der Waals surface area contributed by atoms with Crippen molar-refractivity contribution in [3.63, 3.8) is 0 Å². The number of rotatable bonds is 14. The van der Waals surface area contributed by atoms with Crippen LogP contribution in [-0.2, 0) is 33.1 Å². The van der Waals surface area contributed by atoms with Gasteiger partial charge >= 0.3 is 0 Å². The zero-order chi connectivity index (χ0) is 36.2. The summed E-state index contributed by atoms with van der Waals surface area (Å²) >= 11 is 0. The third kappa shape index (κ3) is 9.33. The summed E-state index contributed by atoms with van der Waals surface area (Å²) in [5, 5.41) is -0.378. The van der Waals surface area contributed by atoms with Gasteiger partial charge in [0.05, 0.1) is 28.0 Å². The van der Waals surface area contributed by atoms with Crippen molar-refractivity contribution < 1.29 is 21.6 Å². The zero-order valence-electron chi connectivity index (χ0n) is 29.9. The van der Waals surface area contributed by atoms with Crippen LogP contribution in [0.2, 0.25) is 0 Å². The van der Waals surface area contributed by atoms with Crippen molar-refractivity contribution in [3.8, 4) is 0 Å². The third-order valence-electron chi connectivity index (χ3n) is 10.8. The van der Waals surface area contributed by atoms with E-state index in [0.29, 0.717) is 37.5 Å². The van der Waals surface area contributed by atoms with E-state index in [0.717, 1.165) is 68.0 Å². The van der Waals surface area contributed by atoms with Crippen LogP contribution < -0.4 is 14.3 Å². The third-order valence-corrected chi connectivity index (χ3v) is 14.1. The van der Waals surface area contributed by atoms with Gasteiger partial charge in [-0.2, -0.15) is 0 Å². The molecule has 0 unspecified atom stereocenters. The van der Waals surface area contributed by atoms with Crippen molar-refractivity contribution in [2.24, 2.45) is 0 Å². The lowest BCUT2D eigenvalue weighted by atomic mass is 9.85. The first-order valence-corrected chi connectivity index (χ1v) is 21.2. The predicted molar refractivity (Wildman–Crippen MR) is 199 cm³/mol. The van der Waals surface area contributed by atoms with Crippen LogP contribution in [0, 0.1) is 13.8 Å². The van der Waals surface area contributed by atoms with E-state index >= 15 is 0 Å². The van der Waals surface area contributed by atoms with Crippen LogP contribution in [-0.4, -0.2) is 97.8 Å². The average Bonchev–Trinajstić information content (AvgIpc) is 3.98. The van der Waals surface area contributed by atoms with Crippen LogP contribution in [0.15, 0.2) is 60.9 Å². The maximum atomic E-state index is 13.4. The van der Waals surface area contributed by atoms with Crippen LogP contribution in [0.3, 0.4) is 0 Å². The molecule has 51 heavy (non-hydrogen) atoms. The number of carbonyl (C=O) groups is 1. The Morgan fingerprint density at radius 3 is 2.08 bits per heavy atom. The summed E-state index contributed by atoms with van der Waals surface area (Å²) in [7, 11) is -7.07. The second-order valence-corrected chi connectivity index (χ2v) is 18.5. The van der Waals surface area contributed by atoms with E-state index in [-0.39, 0.29) is 35.5 Å². The molecule has 3 aliphatic rings. The van der Waals surface area contributed by atoms with Gasteiger partial charge in [-0.15, -0.1) is 0 Å². The second-order valence-electron chi connectivity index (χ2n) is 14.5. The van der Waals surface area contributed by atoms with Gasteiger partial charge in [-0.25, -0.2) is 36.2 Å². The van der Waals surface area contributed by atoms with E-state index in [1.807, 2.05) is 36.9 Å². The van der Waals surface area contributed by atoms with Gasteiger partial charge in [0.1, 0.15) is 6.33 Å². The number of aromatic nitrogens is 2. The highest BCUT2D eigenvalue weighted by Crippen LogP contribution is 2.34. The molecule has 0 radical (unpaired) electrons. The summed E-state index contributed by atoms with van der Waals surface area (Å²) in [6.45, 7) is 10.2. The topological polar surface area (TPSA) is 145 Å². The number of aryl methyl sites for hydroxylation is 2. The molecule has 1 amide bonds. The number of anilines is 1. The maximum Gasteiger partial charge on any atom is 0.257 e. The number of nitrogens with zero attached hydrogens (tertiary/aromatic N) is 5. The fourth-order valence-corrected chi connectivity index (χ4v) is 9.79. The summed E-state index contributed by atoms with van der Waals surface area (Å²) in [6.07, 6.45) is 6.64. The van der Waals surface area contributed by atoms with Gasteiger partial charge < -0.3 is 9.80 Å². The minimum Gasteiger partial charge on any atom is -0.364 e. The smallest absolute Gasteiger partial charge is 0.257 e. The Kier molecular flexibility index (Phi) is 11.5.